The van der Waals surface area contributed by atoms with Crippen LogP contribution in [0.15, 0.2) is 29.0 Å². The average Bonchev–Trinajstić information content (AvgIpc) is 3.22. The summed E-state index contributed by atoms with van der Waals surface area (Å²) >= 11 is 4.87. The van der Waals surface area contributed by atoms with Crippen LogP contribution in [-0.2, 0) is 17.6 Å². The zero-order chi connectivity index (χ0) is 19.0. The lowest BCUT2D eigenvalue weighted by Gasteiger charge is -2.09. The average molecular weight is 449 g/mol. The molecule has 1 aliphatic carbocycles. The molecule has 4 rings (SSSR count). The molecule has 0 radical (unpaired) electrons. The molecule has 138 valence electrons. The minimum Gasteiger partial charge on any atom is -0.467 e. The normalized spacial score (nSPS) is 12.8. The maximum atomic E-state index is 12.2. The molecule has 3 aromatic rings. The fourth-order valence-corrected chi connectivity index (χ4v) is 4.73. The van der Waals surface area contributed by atoms with Gasteiger partial charge in [0.25, 0.3) is 11.6 Å². The van der Waals surface area contributed by atoms with E-state index in [1.165, 1.54) is 35.0 Å². The van der Waals surface area contributed by atoms with Crippen LogP contribution in [0.3, 0.4) is 0 Å². The predicted octanol–water partition coefficient (Wildman–Crippen LogP) is 3.87. The summed E-state index contributed by atoms with van der Waals surface area (Å²) in [6.45, 7) is -0.222. The molecule has 2 aromatic heterocycles. The van der Waals surface area contributed by atoms with Gasteiger partial charge in [-0.1, -0.05) is 0 Å². The number of carbonyl (C=O) groups excluding carboxylic acids is 1. The summed E-state index contributed by atoms with van der Waals surface area (Å²) in [5.74, 6) is 0.0282. The third-order valence-electron chi connectivity index (χ3n) is 4.24. The van der Waals surface area contributed by atoms with Crippen LogP contribution in [-0.4, -0.2) is 27.4 Å². The van der Waals surface area contributed by atoms with Crippen molar-refractivity contribution in [3.05, 3.63) is 49.6 Å². The summed E-state index contributed by atoms with van der Waals surface area (Å²) in [5.41, 5.74) is 1.59. The molecule has 1 aliphatic rings. The van der Waals surface area contributed by atoms with E-state index < -0.39 is 4.92 Å². The highest BCUT2D eigenvalue weighted by Crippen LogP contribution is 2.39. The number of thiophene rings is 1. The first-order valence-electron chi connectivity index (χ1n) is 8.15. The number of amides is 1. The van der Waals surface area contributed by atoms with Gasteiger partial charge in [0.2, 0.25) is 5.88 Å². The van der Waals surface area contributed by atoms with E-state index in [-0.39, 0.29) is 18.2 Å². The van der Waals surface area contributed by atoms with Crippen molar-refractivity contribution in [3.63, 3.8) is 0 Å². The van der Waals surface area contributed by atoms with Crippen LogP contribution >= 0.6 is 27.3 Å². The number of nitrogens with one attached hydrogen (secondary N) is 1. The zero-order valence-corrected chi connectivity index (χ0v) is 16.3. The molecule has 1 aromatic carbocycles. The highest BCUT2D eigenvalue weighted by Gasteiger charge is 2.22. The number of anilines is 1. The highest BCUT2D eigenvalue weighted by molar-refractivity contribution is 9.10. The SMILES string of the molecule is O=C(COc1ncnc2sc3c(c12)CCC3)Nc1ccc([N+](=O)[O-])cc1Br. The Bertz CT molecular complexity index is 1070. The first-order valence-corrected chi connectivity index (χ1v) is 9.75. The molecule has 1 N–H and O–H groups in total. The lowest BCUT2D eigenvalue weighted by atomic mass is 10.2. The number of aryl methyl sites for hydroxylation is 2. The van der Waals surface area contributed by atoms with E-state index in [2.05, 4.69) is 31.2 Å². The molecule has 1 amide bonds. The highest BCUT2D eigenvalue weighted by atomic mass is 79.9. The molecule has 8 nitrogen and oxygen atoms in total. The number of nitro benzene ring substituents is 1. The maximum absolute atomic E-state index is 12.2. The standard InChI is InChI=1S/C17H13BrN4O4S/c18-11-6-9(22(24)25)4-5-12(11)21-14(23)7-26-16-15-10-2-1-3-13(10)27-17(15)20-8-19-16/h4-6,8H,1-3,7H2,(H,21,23). The van der Waals surface area contributed by atoms with Crippen LogP contribution < -0.4 is 10.1 Å². The lowest BCUT2D eigenvalue weighted by molar-refractivity contribution is -0.384. The van der Waals surface area contributed by atoms with Gasteiger partial charge in [-0.05, 0) is 46.8 Å². The fourth-order valence-electron chi connectivity index (χ4n) is 3.05. The summed E-state index contributed by atoms with van der Waals surface area (Å²) in [5, 5.41) is 14.3. The van der Waals surface area contributed by atoms with E-state index in [4.69, 9.17) is 4.74 Å². The minimum atomic E-state index is -0.501. The van der Waals surface area contributed by atoms with Gasteiger partial charge < -0.3 is 10.1 Å². The monoisotopic (exact) mass is 448 g/mol. The van der Waals surface area contributed by atoms with E-state index in [0.29, 0.717) is 16.0 Å². The van der Waals surface area contributed by atoms with Gasteiger partial charge in [0.15, 0.2) is 6.61 Å². The van der Waals surface area contributed by atoms with Gasteiger partial charge in [0.1, 0.15) is 11.2 Å². The predicted molar refractivity (Wildman–Crippen MR) is 104 cm³/mol. The van der Waals surface area contributed by atoms with E-state index in [0.717, 1.165) is 29.5 Å². The van der Waals surface area contributed by atoms with Crippen molar-refractivity contribution in [2.75, 3.05) is 11.9 Å². The number of rotatable bonds is 5. The number of ether oxygens (including phenoxy) is 1. The Labute approximate surface area is 165 Å². The molecule has 27 heavy (non-hydrogen) atoms. The topological polar surface area (TPSA) is 107 Å². The van der Waals surface area contributed by atoms with Crippen LogP contribution in [0.1, 0.15) is 16.9 Å². The first-order chi connectivity index (χ1) is 13.0. The number of halogens is 1. The zero-order valence-electron chi connectivity index (χ0n) is 13.9. The van der Waals surface area contributed by atoms with Crippen molar-refractivity contribution in [1.29, 1.82) is 0 Å². The molecule has 0 saturated heterocycles. The minimum absolute atomic E-state index is 0.0641. The summed E-state index contributed by atoms with van der Waals surface area (Å²) < 4.78 is 6.08. The Morgan fingerprint density at radius 2 is 2.22 bits per heavy atom. The van der Waals surface area contributed by atoms with Crippen LogP contribution in [0.2, 0.25) is 0 Å². The van der Waals surface area contributed by atoms with Crippen molar-refractivity contribution in [2.45, 2.75) is 19.3 Å². The van der Waals surface area contributed by atoms with E-state index in [1.807, 2.05) is 0 Å². The number of nitrogens with zero attached hydrogens (tertiary/aromatic N) is 3. The van der Waals surface area contributed by atoms with Crippen LogP contribution in [0.5, 0.6) is 5.88 Å². The maximum Gasteiger partial charge on any atom is 0.270 e. The second kappa shape index (κ2) is 7.20. The molecular formula is C17H13BrN4O4S. The fraction of sp³-hybridized carbons (Fsp3) is 0.235. The molecule has 10 heteroatoms. The lowest BCUT2D eigenvalue weighted by Crippen LogP contribution is -2.20. The second-order valence-corrected chi connectivity index (χ2v) is 7.91. The van der Waals surface area contributed by atoms with Gasteiger partial charge in [0, 0.05) is 21.5 Å². The van der Waals surface area contributed by atoms with E-state index in [1.54, 1.807) is 11.3 Å². The van der Waals surface area contributed by atoms with Crippen LogP contribution in [0, 0.1) is 10.1 Å². The molecule has 0 fully saturated rings. The van der Waals surface area contributed by atoms with Crippen molar-refractivity contribution in [1.82, 2.24) is 9.97 Å². The first kappa shape index (κ1) is 17.8. The molecule has 0 aliphatic heterocycles. The van der Waals surface area contributed by atoms with Gasteiger partial charge in [-0.3, -0.25) is 14.9 Å². The summed E-state index contributed by atoms with van der Waals surface area (Å²) in [6.07, 6.45) is 4.57. The number of nitro groups is 1. The van der Waals surface area contributed by atoms with Crippen molar-refractivity contribution in [2.24, 2.45) is 0 Å². The molecular weight excluding hydrogens is 436 g/mol. The number of fused-ring (bicyclic) bond motifs is 3. The molecule has 0 spiro atoms. The largest absolute Gasteiger partial charge is 0.467 e. The van der Waals surface area contributed by atoms with Crippen molar-refractivity contribution >= 4 is 54.8 Å². The number of hydrogen-bond donors (Lipinski definition) is 1. The molecule has 0 saturated carbocycles. The third kappa shape index (κ3) is 3.50. The second-order valence-electron chi connectivity index (χ2n) is 5.97. The third-order valence-corrected chi connectivity index (χ3v) is 6.10. The van der Waals surface area contributed by atoms with Crippen LogP contribution in [0.25, 0.3) is 10.2 Å². The van der Waals surface area contributed by atoms with E-state index in [9.17, 15) is 14.9 Å². The van der Waals surface area contributed by atoms with Gasteiger partial charge in [-0.25, -0.2) is 9.97 Å². The van der Waals surface area contributed by atoms with Crippen molar-refractivity contribution < 1.29 is 14.5 Å². The van der Waals surface area contributed by atoms with Crippen molar-refractivity contribution in [3.8, 4) is 5.88 Å². The Morgan fingerprint density at radius 1 is 1.37 bits per heavy atom. The Balaban J connectivity index is 1.47. The quantitative estimate of drug-likeness (QED) is 0.468. The summed E-state index contributed by atoms with van der Waals surface area (Å²) in [4.78, 5) is 33.2. The molecule has 0 atom stereocenters. The van der Waals surface area contributed by atoms with Crippen LogP contribution in [0.4, 0.5) is 11.4 Å². The summed E-state index contributed by atoms with van der Waals surface area (Å²) in [6, 6.07) is 4.12. The summed E-state index contributed by atoms with van der Waals surface area (Å²) in [7, 11) is 0. The number of benzene rings is 1. The Morgan fingerprint density at radius 3 is 3.00 bits per heavy atom. The number of non-ortho nitro benzene ring substituents is 1. The number of hydrogen-bond acceptors (Lipinski definition) is 7. The molecule has 2 heterocycles. The van der Waals surface area contributed by atoms with Gasteiger partial charge in [-0.15, -0.1) is 11.3 Å². The smallest absolute Gasteiger partial charge is 0.270 e. The molecule has 0 bridgehead atoms. The Hall–Kier alpha value is -2.59. The van der Waals surface area contributed by atoms with Gasteiger partial charge in [0.05, 0.1) is 16.0 Å². The Kier molecular flexibility index (Phi) is 4.75. The molecule has 0 unspecified atom stereocenters. The van der Waals surface area contributed by atoms with E-state index >= 15 is 0 Å². The number of carbonyl (C=O) groups is 1. The number of aromatic nitrogens is 2. The van der Waals surface area contributed by atoms with Gasteiger partial charge in [-0.2, -0.15) is 0 Å². The van der Waals surface area contributed by atoms with Gasteiger partial charge >= 0.3 is 0 Å².